The molecule has 3 aromatic rings. The second kappa shape index (κ2) is 6.53. The molecule has 4 nitrogen and oxygen atoms in total. The third kappa shape index (κ3) is 3.53. The Hall–Kier alpha value is -1.53. The molecule has 0 spiro atoms. The lowest BCUT2D eigenvalue weighted by molar-refractivity contribution is 0.582. The lowest BCUT2D eigenvalue weighted by Gasteiger charge is -2.08. The Kier molecular flexibility index (Phi) is 4.64. The van der Waals surface area contributed by atoms with Crippen molar-refractivity contribution in [3.05, 3.63) is 64.3 Å². The minimum absolute atomic E-state index is 0.0902. The number of nitrogens with one attached hydrogen (secondary N) is 2. The highest BCUT2D eigenvalue weighted by atomic mass is 35.5. The molecule has 0 saturated carbocycles. The first kappa shape index (κ1) is 16.3. The van der Waals surface area contributed by atoms with E-state index in [1.807, 2.05) is 24.4 Å². The lowest BCUT2D eigenvalue weighted by atomic mass is 10.1. The molecular weight excluding hydrogens is 355 g/mol. The average Bonchev–Trinajstić information content (AvgIpc) is 2.89. The zero-order chi connectivity index (χ0) is 16.4. The summed E-state index contributed by atoms with van der Waals surface area (Å²) in [6, 6.07) is 12.0. The van der Waals surface area contributed by atoms with Crippen LogP contribution in [-0.2, 0) is 16.4 Å². The molecule has 0 amide bonds. The molecule has 2 aromatic carbocycles. The third-order valence-electron chi connectivity index (χ3n) is 3.54. The van der Waals surface area contributed by atoms with Crippen molar-refractivity contribution in [1.82, 2.24) is 9.71 Å². The van der Waals surface area contributed by atoms with Crippen LogP contribution in [0.15, 0.2) is 53.6 Å². The van der Waals surface area contributed by atoms with Gasteiger partial charge in [-0.2, -0.15) is 0 Å². The average molecular weight is 369 g/mol. The van der Waals surface area contributed by atoms with Crippen LogP contribution in [0.4, 0.5) is 0 Å². The van der Waals surface area contributed by atoms with E-state index in [1.54, 1.807) is 18.2 Å². The van der Waals surface area contributed by atoms with Gasteiger partial charge in [0.1, 0.15) is 4.90 Å². The van der Waals surface area contributed by atoms with Crippen molar-refractivity contribution in [2.45, 2.75) is 11.3 Å². The van der Waals surface area contributed by atoms with Crippen molar-refractivity contribution in [3.63, 3.8) is 0 Å². The first-order valence-electron chi connectivity index (χ1n) is 6.97. The summed E-state index contributed by atoms with van der Waals surface area (Å²) in [5.41, 5.74) is 1.96. The van der Waals surface area contributed by atoms with Gasteiger partial charge in [0.15, 0.2) is 0 Å². The summed E-state index contributed by atoms with van der Waals surface area (Å²) in [6.45, 7) is 0.281. The van der Waals surface area contributed by atoms with Gasteiger partial charge < -0.3 is 4.98 Å². The topological polar surface area (TPSA) is 62.0 Å². The van der Waals surface area contributed by atoms with Gasteiger partial charge in [-0.15, -0.1) is 0 Å². The van der Waals surface area contributed by atoms with E-state index >= 15 is 0 Å². The highest BCUT2D eigenvalue weighted by molar-refractivity contribution is 7.89. The van der Waals surface area contributed by atoms with Crippen molar-refractivity contribution >= 4 is 44.1 Å². The van der Waals surface area contributed by atoms with Gasteiger partial charge in [-0.05, 0) is 36.2 Å². The number of H-pyrrole nitrogens is 1. The number of aromatic nitrogens is 1. The van der Waals surface area contributed by atoms with Crippen LogP contribution in [0.5, 0.6) is 0 Å². The first-order chi connectivity index (χ1) is 11.0. The van der Waals surface area contributed by atoms with Crippen LogP contribution >= 0.6 is 23.2 Å². The van der Waals surface area contributed by atoms with Gasteiger partial charge in [-0.25, -0.2) is 13.1 Å². The molecule has 3 rings (SSSR count). The van der Waals surface area contributed by atoms with Crippen LogP contribution < -0.4 is 4.72 Å². The fraction of sp³-hybridized carbons (Fsp3) is 0.125. The Labute approximate surface area is 144 Å². The van der Waals surface area contributed by atoms with Crippen LogP contribution in [-0.4, -0.2) is 19.9 Å². The second-order valence-electron chi connectivity index (χ2n) is 5.08. The highest BCUT2D eigenvalue weighted by Crippen LogP contribution is 2.23. The minimum Gasteiger partial charge on any atom is -0.361 e. The van der Waals surface area contributed by atoms with E-state index in [1.165, 1.54) is 6.07 Å². The van der Waals surface area contributed by atoms with Gasteiger partial charge in [-0.1, -0.05) is 41.4 Å². The standard InChI is InChI=1S/C16H14Cl2N2O2S/c17-12-5-6-13-11(10-19-15(13)9-12)7-8-20-23(21,22)16-4-2-1-3-14(16)18/h1-6,9-10,19-20H,7-8H2. The van der Waals surface area contributed by atoms with E-state index in [0.717, 1.165) is 16.5 Å². The number of halogens is 2. The van der Waals surface area contributed by atoms with E-state index in [-0.39, 0.29) is 16.5 Å². The quantitative estimate of drug-likeness (QED) is 0.714. The van der Waals surface area contributed by atoms with E-state index in [9.17, 15) is 8.42 Å². The maximum absolute atomic E-state index is 12.3. The SMILES string of the molecule is O=S(=O)(NCCc1c[nH]c2cc(Cl)ccc12)c1ccccc1Cl. The first-order valence-corrected chi connectivity index (χ1v) is 9.21. The summed E-state index contributed by atoms with van der Waals surface area (Å²) in [7, 11) is -3.62. The van der Waals surface area contributed by atoms with Crippen molar-refractivity contribution in [2.75, 3.05) is 6.54 Å². The summed E-state index contributed by atoms with van der Waals surface area (Å²) < 4.78 is 27.1. The van der Waals surface area contributed by atoms with Crippen LogP contribution in [0.2, 0.25) is 10.0 Å². The zero-order valence-corrected chi connectivity index (χ0v) is 14.3. The maximum atomic E-state index is 12.3. The van der Waals surface area contributed by atoms with Crippen molar-refractivity contribution in [2.24, 2.45) is 0 Å². The van der Waals surface area contributed by atoms with E-state index in [2.05, 4.69) is 9.71 Å². The Morgan fingerprint density at radius 2 is 1.87 bits per heavy atom. The van der Waals surface area contributed by atoms with Crippen LogP contribution in [0, 0.1) is 0 Å². The molecule has 7 heteroatoms. The summed E-state index contributed by atoms with van der Waals surface area (Å²) >= 11 is 11.9. The normalized spacial score (nSPS) is 11.9. The molecule has 0 saturated heterocycles. The van der Waals surface area contributed by atoms with Gasteiger partial charge >= 0.3 is 0 Å². The Balaban J connectivity index is 1.72. The van der Waals surface area contributed by atoms with Crippen LogP contribution in [0.25, 0.3) is 10.9 Å². The molecule has 0 fully saturated rings. The fourth-order valence-corrected chi connectivity index (χ4v) is 4.15. The molecule has 0 atom stereocenters. The number of rotatable bonds is 5. The molecule has 23 heavy (non-hydrogen) atoms. The van der Waals surface area contributed by atoms with Gasteiger partial charge in [0, 0.05) is 28.7 Å². The van der Waals surface area contributed by atoms with Crippen molar-refractivity contribution in [3.8, 4) is 0 Å². The molecule has 0 unspecified atom stereocenters. The number of sulfonamides is 1. The Morgan fingerprint density at radius 3 is 2.65 bits per heavy atom. The summed E-state index contributed by atoms with van der Waals surface area (Å²) in [5.74, 6) is 0. The van der Waals surface area contributed by atoms with Crippen LogP contribution in [0.1, 0.15) is 5.56 Å². The molecule has 0 radical (unpaired) electrons. The molecule has 1 aromatic heterocycles. The Morgan fingerprint density at radius 1 is 1.09 bits per heavy atom. The summed E-state index contributed by atoms with van der Waals surface area (Å²) in [5, 5.41) is 1.90. The van der Waals surface area contributed by atoms with Gasteiger partial charge in [0.25, 0.3) is 0 Å². The third-order valence-corrected chi connectivity index (χ3v) is 5.74. The number of aromatic amines is 1. The monoisotopic (exact) mass is 368 g/mol. The largest absolute Gasteiger partial charge is 0.361 e. The number of hydrogen-bond acceptors (Lipinski definition) is 2. The number of hydrogen-bond donors (Lipinski definition) is 2. The predicted octanol–water partition coefficient (Wildman–Crippen LogP) is 4.00. The number of benzene rings is 2. The van der Waals surface area contributed by atoms with E-state index < -0.39 is 10.0 Å². The van der Waals surface area contributed by atoms with Gasteiger partial charge in [0.05, 0.1) is 5.02 Å². The second-order valence-corrected chi connectivity index (χ2v) is 7.66. The van der Waals surface area contributed by atoms with Crippen molar-refractivity contribution in [1.29, 1.82) is 0 Å². The van der Waals surface area contributed by atoms with Crippen molar-refractivity contribution < 1.29 is 8.42 Å². The minimum atomic E-state index is -3.62. The molecule has 0 aliphatic rings. The Bertz CT molecular complexity index is 952. The lowest BCUT2D eigenvalue weighted by Crippen LogP contribution is -2.26. The summed E-state index contributed by atoms with van der Waals surface area (Å²) in [6.07, 6.45) is 2.43. The predicted molar refractivity (Wildman–Crippen MR) is 93.7 cm³/mol. The highest BCUT2D eigenvalue weighted by Gasteiger charge is 2.16. The molecule has 2 N–H and O–H groups in total. The van der Waals surface area contributed by atoms with E-state index in [0.29, 0.717) is 11.4 Å². The molecular formula is C16H14Cl2N2O2S. The zero-order valence-electron chi connectivity index (χ0n) is 12.0. The fourth-order valence-electron chi connectivity index (χ4n) is 2.43. The maximum Gasteiger partial charge on any atom is 0.242 e. The van der Waals surface area contributed by atoms with Crippen LogP contribution in [0.3, 0.4) is 0 Å². The number of fused-ring (bicyclic) bond motifs is 1. The molecule has 120 valence electrons. The van der Waals surface area contributed by atoms with Gasteiger partial charge in [-0.3, -0.25) is 0 Å². The molecule has 0 aliphatic heterocycles. The van der Waals surface area contributed by atoms with E-state index in [4.69, 9.17) is 23.2 Å². The molecule has 1 heterocycles. The smallest absolute Gasteiger partial charge is 0.242 e. The molecule has 0 bridgehead atoms. The van der Waals surface area contributed by atoms with Gasteiger partial charge in [0.2, 0.25) is 10.0 Å². The molecule has 0 aliphatic carbocycles. The summed E-state index contributed by atoms with van der Waals surface area (Å²) in [4.78, 5) is 3.22.